The van der Waals surface area contributed by atoms with E-state index in [9.17, 15) is 0 Å². The van der Waals surface area contributed by atoms with Crippen molar-refractivity contribution in [2.45, 2.75) is 70.6 Å². The third-order valence-electron chi connectivity index (χ3n) is 6.13. The maximum Gasteiger partial charge on any atom is 0.0735 e. The van der Waals surface area contributed by atoms with E-state index in [0.29, 0.717) is 6.04 Å². The van der Waals surface area contributed by atoms with Crippen molar-refractivity contribution in [3.63, 3.8) is 0 Å². The van der Waals surface area contributed by atoms with E-state index in [1.54, 1.807) is 0 Å². The number of ether oxygens (including phenoxy) is 1. The minimum atomic E-state index is 0.589. The van der Waals surface area contributed by atoms with Crippen LogP contribution in [0.2, 0.25) is 0 Å². The van der Waals surface area contributed by atoms with Crippen molar-refractivity contribution in [3.8, 4) is 0 Å². The zero-order valence-corrected chi connectivity index (χ0v) is 15.0. The lowest BCUT2D eigenvalue weighted by molar-refractivity contribution is 0.108. The molecule has 4 heteroatoms. The SMILES string of the molecule is CC1CCCC(N2CCC(Nc3cnc4c(c3)COCC4)CC2)C1. The van der Waals surface area contributed by atoms with E-state index in [0.717, 1.165) is 31.6 Å². The molecule has 0 spiro atoms. The second kappa shape index (κ2) is 7.40. The van der Waals surface area contributed by atoms with Crippen molar-refractivity contribution >= 4 is 5.69 Å². The number of pyridine rings is 1. The maximum atomic E-state index is 5.56. The van der Waals surface area contributed by atoms with Crippen LogP contribution in [0.5, 0.6) is 0 Å². The molecular weight excluding hydrogens is 298 g/mol. The number of fused-ring (bicyclic) bond motifs is 1. The minimum Gasteiger partial charge on any atom is -0.381 e. The fourth-order valence-electron chi connectivity index (χ4n) is 4.70. The third kappa shape index (κ3) is 3.75. The molecule has 1 saturated heterocycles. The van der Waals surface area contributed by atoms with E-state index in [-0.39, 0.29) is 0 Å². The number of nitrogens with one attached hydrogen (secondary N) is 1. The molecule has 3 aliphatic rings. The first-order valence-corrected chi connectivity index (χ1v) is 9.84. The summed E-state index contributed by atoms with van der Waals surface area (Å²) in [6, 6.07) is 3.68. The molecule has 0 radical (unpaired) electrons. The molecular formula is C20H31N3O. The van der Waals surface area contributed by atoms with E-state index in [4.69, 9.17) is 4.74 Å². The second-order valence-electron chi connectivity index (χ2n) is 8.01. The number of anilines is 1. The van der Waals surface area contributed by atoms with Gasteiger partial charge >= 0.3 is 0 Å². The summed E-state index contributed by atoms with van der Waals surface area (Å²) in [5, 5.41) is 3.72. The van der Waals surface area contributed by atoms with Crippen LogP contribution in [-0.4, -0.2) is 41.7 Å². The van der Waals surface area contributed by atoms with Gasteiger partial charge in [-0.05, 0) is 37.7 Å². The lowest BCUT2D eigenvalue weighted by Crippen LogP contribution is -2.46. The molecule has 0 aromatic carbocycles. The normalized spacial score (nSPS) is 29.2. The van der Waals surface area contributed by atoms with Gasteiger partial charge in [-0.15, -0.1) is 0 Å². The van der Waals surface area contributed by atoms with Gasteiger partial charge in [-0.2, -0.15) is 0 Å². The first kappa shape index (κ1) is 16.3. The van der Waals surface area contributed by atoms with Gasteiger partial charge < -0.3 is 15.0 Å². The second-order valence-corrected chi connectivity index (χ2v) is 8.01. The summed E-state index contributed by atoms with van der Waals surface area (Å²) in [5.74, 6) is 0.920. The van der Waals surface area contributed by atoms with E-state index in [1.807, 2.05) is 6.20 Å². The molecule has 1 saturated carbocycles. The van der Waals surface area contributed by atoms with Crippen LogP contribution in [-0.2, 0) is 17.8 Å². The van der Waals surface area contributed by atoms with E-state index in [2.05, 4.69) is 28.2 Å². The van der Waals surface area contributed by atoms with Crippen LogP contribution in [0.15, 0.2) is 12.3 Å². The van der Waals surface area contributed by atoms with E-state index in [1.165, 1.54) is 68.6 Å². The predicted octanol–water partition coefficient (Wildman–Crippen LogP) is 3.61. The Morgan fingerprint density at radius 3 is 2.92 bits per heavy atom. The monoisotopic (exact) mass is 329 g/mol. The van der Waals surface area contributed by atoms with Gasteiger partial charge in [0.05, 0.1) is 25.1 Å². The van der Waals surface area contributed by atoms with Crippen LogP contribution in [0.25, 0.3) is 0 Å². The van der Waals surface area contributed by atoms with Gasteiger partial charge in [0.1, 0.15) is 0 Å². The number of piperidine rings is 1. The highest BCUT2D eigenvalue weighted by atomic mass is 16.5. The standard InChI is InChI=1S/C20H31N3O/c1-15-3-2-4-19(11-15)23-8-5-17(6-9-23)22-18-12-16-14-24-10-7-20(16)21-13-18/h12-13,15,17,19,22H,2-11,14H2,1H3. The molecule has 3 heterocycles. The van der Waals surface area contributed by atoms with Crippen LogP contribution >= 0.6 is 0 Å². The fraction of sp³-hybridized carbons (Fsp3) is 0.750. The van der Waals surface area contributed by atoms with Gasteiger partial charge in [0.15, 0.2) is 0 Å². The van der Waals surface area contributed by atoms with Crippen molar-refractivity contribution in [2.75, 3.05) is 25.0 Å². The summed E-state index contributed by atoms with van der Waals surface area (Å²) < 4.78 is 5.56. The third-order valence-corrected chi connectivity index (χ3v) is 6.13. The Hall–Kier alpha value is -1.13. The van der Waals surface area contributed by atoms with Gasteiger partial charge in [0, 0.05) is 42.9 Å². The average molecular weight is 329 g/mol. The molecule has 1 aromatic heterocycles. The zero-order valence-electron chi connectivity index (χ0n) is 15.0. The summed E-state index contributed by atoms with van der Waals surface area (Å²) >= 11 is 0. The zero-order chi connectivity index (χ0) is 16.4. The molecule has 4 rings (SSSR count). The molecule has 1 aromatic rings. The Morgan fingerprint density at radius 2 is 2.08 bits per heavy atom. The van der Waals surface area contributed by atoms with Gasteiger partial charge in [-0.25, -0.2) is 0 Å². The number of aromatic nitrogens is 1. The first-order chi connectivity index (χ1) is 11.8. The van der Waals surface area contributed by atoms with Crippen LogP contribution < -0.4 is 5.32 Å². The number of likely N-dealkylation sites (tertiary alicyclic amines) is 1. The largest absolute Gasteiger partial charge is 0.381 e. The molecule has 2 atom stereocenters. The van der Waals surface area contributed by atoms with Crippen LogP contribution in [0, 0.1) is 5.92 Å². The van der Waals surface area contributed by atoms with Gasteiger partial charge in [-0.1, -0.05) is 19.8 Å². The highest BCUT2D eigenvalue weighted by molar-refractivity contribution is 5.46. The Kier molecular flexibility index (Phi) is 5.04. The molecule has 132 valence electrons. The van der Waals surface area contributed by atoms with Crippen molar-refractivity contribution in [2.24, 2.45) is 5.92 Å². The molecule has 24 heavy (non-hydrogen) atoms. The molecule has 2 aliphatic heterocycles. The van der Waals surface area contributed by atoms with Crippen LogP contribution in [0.3, 0.4) is 0 Å². The number of rotatable bonds is 3. The highest BCUT2D eigenvalue weighted by Gasteiger charge is 2.28. The molecule has 0 bridgehead atoms. The minimum absolute atomic E-state index is 0.589. The summed E-state index contributed by atoms with van der Waals surface area (Å²) in [7, 11) is 0. The van der Waals surface area contributed by atoms with Crippen LogP contribution in [0.1, 0.15) is 56.7 Å². The fourth-order valence-corrected chi connectivity index (χ4v) is 4.70. The molecule has 1 N–H and O–H groups in total. The molecule has 0 amide bonds. The first-order valence-electron chi connectivity index (χ1n) is 9.84. The summed E-state index contributed by atoms with van der Waals surface area (Å²) in [6.45, 7) is 6.45. The lowest BCUT2D eigenvalue weighted by Gasteiger charge is -2.41. The summed E-state index contributed by atoms with van der Waals surface area (Å²) in [4.78, 5) is 7.39. The quantitative estimate of drug-likeness (QED) is 0.919. The van der Waals surface area contributed by atoms with E-state index >= 15 is 0 Å². The smallest absolute Gasteiger partial charge is 0.0735 e. The Labute approximate surface area is 146 Å². The van der Waals surface area contributed by atoms with Crippen molar-refractivity contribution < 1.29 is 4.74 Å². The lowest BCUT2D eigenvalue weighted by atomic mass is 9.85. The Morgan fingerprint density at radius 1 is 1.21 bits per heavy atom. The number of hydrogen-bond acceptors (Lipinski definition) is 4. The van der Waals surface area contributed by atoms with Gasteiger partial charge in [0.25, 0.3) is 0 Å². The van der Waals surface area contributed by atoms with Gasteiger partial charge in [-0.3, -0.25) is 4.98 Å². The van der Waals surface area contributed by atoms with Crippen molar-refractivity contribution in [1.29, 1.82) is 0 Å². The summed E-state index contributed by atoms with van der Waals surface area (Å²) in [6.07, 6.45) is 11.1. The topological polar surface area (TPSA) is 37.4 Å². The Balaban J connectivity index is 1.30. The molecule has 4 nitrogen and oxygen atoms in total. The number of hydrogen-bond donors (Lipinski definition) is 1. The highest BCUT2D eigenvalue weighted by Crippen LogP contribution is 2.29. The van der Waals surface area contributed by atoms with Crippen molar-refractivity contribution in [3.05, 3.63) is 23.5 Å². The summed E-state index contributed by atoms with van der Waals surface area (Å²) in [5.41, 5.74) is 3.65. The van der Waals surface area contributed by atoms with Gasteiger partial charge in [0.2, 0.25) is 0 Å². The molecule has 2 unspecified atom stereocenters. The average Bonchev–Trinajstić information content (AvgIpc) is 2.62. The number of nitrogens with zero attached hydrogens (tertiary/aromatic N) is 2. The molecule has 1 aliphatic carbocycles. The Bertz CT molecular complexity index is 554. The maximum absolute atomic E-state index is 5.56. The van der Waals surface area contributed by atoms with Crippen LogP contribution in [0.4, 0.5) is 5.69 Å². The molecule has 2 fully saturated rings. The van der Waals surface area contributed by atoms with Crippen molar-refractivity contribution in [1.82, 2.24) is 9.88 Å². The predicted molar refractivity (Wildman–Crippen MR) is 97.2 cm³/mol. The van der Waals surface area contributed by atoms with E-state index < -0.39 is 0 Å².